The molecule has 0 bridgehead atoms. The summed E-state index contributed by atoms with van der Waals surface area (Å²) in [5, 5.41) is 4.16. The number of nitrogens with one attached hydrogen (secondary N) is 1. The van der Waals surface area contributed by atoms with Crippen LogP contribution in [0.1, 0.15) is 31.0 Å². The van der Waals surface area contributed by atoms with Crippen molar-refractivity contribution in [2.45, 2.75) is 33.2 Å². The Labute approximate surface area is 164 Å². The number of benzene rings is 1. The van der Waals surface area contributed by atoms with E-state index in [1.165, 1.54) is 11.1 Å². The molecule has 2 heterocycles. The van der Waals surface area contributed by atoms with Gasteiger partial charge in [0, 0.05) is 32.4 Å². The van der Waals surface area contributed by atoms with Crippen LogP contribution < -0.4 is 20.6 Å². The van der Waals surface area contributed by atoms with Gasteiger partial charge in [0.2, 0.25) is 0 Å². The number of anilines is 2. The molecule has 7 heteroatoms. The minimum atomic E-state index is -0.243. The number of hydrogen-bond donors (Lipinski definition) is 1. The van der Waals surface area contributed by atoms with Crippen molar-refractivity contribution in [2.24, 2.45) is 0 Å². The molecule has 0 saturated heterocycles. The summed E-state index contributed by atoms with van der Waals surface area (Å²) in [7, 11) is 4.03. The average molecular weight is 381 g/mol. The highest BCUT2D eigenvalue weighted by Gasteiger charge is 2.14. The van der Waals surface area contributed by atoms with E-state index in [1.54, 1.807) is 6.07 Å². The van der Waals surface area contributed by atoms with Crippen molar-refractivity contribution in [2.75, 3.05) is 30.9 Å². The molecule has 1 N–H and O–H groups in total. The lowest BCUT2D eigenvalue weighted by molar-refractivity contribution is 0.108. The van der Waals surface area contributed by atoms with Crippen LogP contribution in [0.3, 0.4) is 0 Å². The molecule has 0 amide bonds. The molecule has 0 saturated carbocycles. The fourth-order valence-electron chi connectivity index (χ4n) is 2.96. The lowest BCUT2D eigenvalue weighted by Crippen LogP contribution is -2.29. The van der Waals surface area contributed by atoms with E-state index in [0.717, 1.165) is 35.2 Å². The van der Waals surface area contributed by atoms with Crippen molar-refractivity contribution in [3.8, 4) is 0 Å². The first kappa shape index (κ1) is 19.7. The standard InChI is InChI=1S/C21H27N5O2/c1-5-6-11-28-26-19(27)12-18(20-15(2)23-14-24-21(20)26)22-13-16-7-9-17(10-8-16)25(3)4/h7-10,12,14,22H,5-6,11,13H2,1-4H3. The van der Waals surface area contributed by atoms with Gasteiger partial charge in [-0.25, -0.2) is 9.97 Å². The second kappa shape index (κ2) is 8.73. The molecule has 148 valence electrons. The molecule has 3 rings (SSSR count). The third kappa shape index (κ3) is 4.24. The first-order chi connectivity index (χ1) is 13.5. The number of fused-ring (bicyclic) bond motifs is 1. The maximum absolute atomic E-state index is 12.6. The van der Waals surface area contributed by atoms with Gasteiger partial charge < -0.3 is 15.1 Å². The summed E-state index contributed by atoms with van der Waals surface area (Å²) < 4.78 is 1.27. The Kier molecular flexibility index (Phi) is 6.13. The molecule has 0 spiro atoms. The van der Waals surface area contributed by atoms with E-state index < -0.39 is 0 Å². The van der Waals surface area contributed by atoms with Gasteiger partial charge in [0.1, 0.15) is 12.9 Å². The molecule has 2 aromatic heterocycles. The third-order valence-electron chi connectivity index (χ3n) is 4.60. The Hall–Kier alpha value is -3.09. The Morgan fingerprint density at radius 3 is 2.61 bits per heavy atom. The summed E-state index contributed by atoms with van der Waals surface area (Å²) in [5.41, 5.74) is 4.02. The molecule has 0 aliphatic carbocycles. The van der Waals surface area contributed by atoms with Crippen molar-refractivity contribution in [3.63, 3.8) is 0 Å². The van der Waals surface area contributed by atoms with Crippen LogP contribution in [0.4, 0.5) is 11.4 Å². The van der Waals surface area contributed by atoms with Crippen LogP contribution in [0, 0.1) is 6.92 Å². The average Bonchev–Trinajstić information content (AvgIpc) is 2.68. The second-order valence-corrected chi connectivity index (χ2v) is 6.95. The van der Waals surface area contributed by atoms with Crippen molar-refractivity contribution >= 4 is 22.4 Å². The van der Waals surface area contributed by atoms with Crippen LogP contribution >= 0.6 is 0 Å². The molecule has 0 aliphatic heterocycles. The van der Waals surface area contributed by atoms with E-state index >= 15 is 0 Å². The number of pyridine rings is 1. The summed E-state index contributed by atoms with van der Waals surface area (Å²) in [6.07, 6.45) is 3.33. The molecule has 3 aromatic rings. The molecule has 0 fully saturated rings. The molecular weight excluding hydrogens is 354 g/mol. The minimum absolute atomic E-state index is 0.243. The number of hydrogen-bond acceptors (Lipinski definition) is 6. The first-order valence-corrected chi connectivity index (χ1v) is 9.52. The van der Waals surface area contributed by atoms with Gasteiger partial charge in [-0.05, 0) is 31.0 Å². The molecule has 7 nitrogen and oxygen atoms in total. The maximum atomic E-state index is 12.6. The largest absolute Gasteiger partial charge is 0.409 e. The SMILES string of the molecule is CCCCOn1c(=O)cc(NCc2ccc(N(C)C)cc2)c2c(C)ncnc21. The first-order valence-electron chi connectivity index (χ1n) is 9.52. The van der Waals surface area contributed by atoms with E-state index in [4.69, 9.17) is 4.84 Å². The van der Waals surface area contributed by atoms with Crippen molar-refractivity contribution in [1.82, 2.24) is 14.7 Å². The lowest BCUT2D eigenvalue weighted by atomic mass is 10.1. The number of rotatable bonds is 8. The molecule has 28 heavy (non-hydrogen) atoms. The second-order valence-electron chi connectivity index (χ2n) is 6.95. The van der Waals surface area contributed by atoms with Crippen LogP contribution in [0.5, 0.6) is 0 Å². The topological polar surface area (TPSA) is 72.3 Å². The Bertz CT molecular complexity index is 996. The smallest absolute Gasteiger partial charge is 0.287 e. The molecule has 0 atom stereocenters. The monoisotopic (exact) mass is 381 g/mol. The fraction of sp³-hybridized carbons (Fsp3) is 0.381. The quantitative estimate of drug-likeness (QED) is 0.605. The third-order valence-corrected chi connectivity index (χ3v) is 4.60. The Balaban J connectivity index is 1.90. The van der Waals surface area contributed by atoms with Gasteiger partial charge >= 0.3 is 0 Å². The zero-order valence-corrected chi connectivity index (χ0v) is 16.9. The fourth-order valence-corrected chi connectivity index (χ4v) is 2.96. The van der Waals surface area contributed by atoms with Crippen LogP contribution in [-0.4, -0.2) is 35.4 Å². The summed E-state index contributed by atoms with van der Waals surface area (Å²) in [5.74, 6) is 0. The predicted octanol–water partition coefficient (Wildman–Crippen LogP) is 3.01. The minimum Gasteiger partial charge on any atom is -0.409 e. The zero-order chi connectivity index (χ0) is 20.1. The zero-order valence-electron chi connectivity index (χ0n) is 16.9. The number of unbranched alkanes of at least 4 members (excludes halogenated alkanes) is 1. The van der Waals surface area contributed by atoms with E-state index in [0.29, 0.717) is 24.5 Å². The van der Waals surface area contributed by atoms with Gasteiger partial charge in [0.25, 0.3) is 5.56 Å². The van der Waals surface area contributed by atoms with Crippen molar-refractivity contribution in [3.05, 3.63) is 58.3 Å². The van der Waals surface area contributed by atoms with Gasteiger partial charge in [-0.15, -0.1) is 4.73 Å². The van der Waals surface area contributed by atoms with Crippen LogP contribution in [-0.2, 0) is 6.54 Å². The lowest BCUT2D eigenvalue weighted by Gasteiger charge is -2.16. The molecule has 0 radical (unpaired) electrons. The number of aryl methyl sites for hydroxylation is 1. The molecule has 1 aromatic carbocycles. The van der Waals surface area contributed by atoms with Gasteiger partial charge in [0.15, 0.2) is 5.65 Å². The maximum Gasteiger partial charge on any atom is 0.287 e. The van der Waals surface area contributed by atoms with E-state index in [1.807, 2.05) is 21.0 Å². The van der Waals surface area contributed by atoms with Crippen LogP contribution in [0.2, 0.25) is 0 Å². The summed E-state index contributed by atoms with van der Waals surface area (Å²) >= 11 is 0. The molecule has 0 aliphatic rings. The van der Waals surface area contributed by atoms with Gasteiger partial charge in [-0.2, -0.15) is 0 Å². The molecule has 0 unspecified atom stereocenters. The van der Waals surface area contributed by atoms with E-state index in [9.17, 15) is 4.79 Å². The van der Waals surface area contributed by atoms with Crippen LogP contribution in [0.25, 0.3) is 11.0 Å². The van der Waals surface area contributed by atoms with Crippen molar-refractivity contribution < 1.29 is 4.84 Å². The van der Waals surface area contributed by atoms with Gasteiger partial charge in [-0.3, -0.25) is 4.79 Å². The predicted molar refractivity (Wildman–Crippen MR) is 113 cm³/mol. The van der Waals surface area contributed by atoms with Crippen molar-refractivity contribution in [1.29, 1.82) is 0 Å². The molecular formula is C21H27N5O2. The van der Waals surface area contributed by atoms with Gasteiger partial charge in [0.05, 0.1) is 16.8 Å². The Morgan fingerprint density at radius 1 is 1.18 bits per heavy atom. The number of aromatic nitrogens is 3. The van der Waals surface area contributed by atoms with E-state index in [2.05, 4.69) is 51.4 Å². The normalized spacial score (nSPS) is 10.9. The summed E-state index contributed by atoms with van der Waals surface area (Å²) in [6, 6.07) is 9.84. The van der Waals surface area contributed by atoms with Crippen LogP contribution in [0.15, 0.2) is 41.5 Å². The highest BCUT2D eigenvalue weighted by molar-refractivity contribution is 5.90. The Morgan fingerprint density at radius 2 is 1.93 bits per heavy atom. The highest BCUT2D eigenvalue weighted by Crippen LogP contribution is 2.23. The summed E-state index contributed by atoms with van der Waals surface area (Å²) in [6.45, 7) is 5.05. The van der Waals surface area contributed by atoms with E-state index in [-0.39, 0.29) is 5.56 Å². The number of nitrogens with zero attached hydrogens (tertiary/aromatic N) is 4. The highest BCUT2D eigenvalue weighted by atomic mass is 16.7. The summed E-state index contributed by atoms with van der Waals surface area (Å²) in [4.78, 5) is 29.0. The van der Waals surface area contributed by atoms with Gasteiger partial charge in [-0.1, -0.05) is 25.5 Å².